The summed E-state index contributed by atoms with van der Waals surface area (Å²) in [6.45, 7) is 0.714. The quantitative estimate of drug-likeness (QED) is 0.705. The van der Waals surface area contributed by atoms with Crippen molar-refractivity contribution in [3.63, 3.8) is 0 Å². The van der Waals surface area contributed by atoms with Crippen LogP contribution in [0.2, 0.25) is 0 Å². The summed E-state index contributed by atoms with van der Waals surface area (Å²) in [6, 6.07) is 6.32. The van der Waals surface area contributed by atoms with Crippen molar-refractivity contribution in [1.29, 1.82) is 0 Å². The Balaban J connectivity index is 2.07. The highest BCUT2D eigenvalue weighted by Gasteiger charge is 2.20. The SMILES string of the molecule is CC(=O)OCC(=O)N[C@@H](Cc1cnc2ccccc2n1)C(N)=O. The van der Waals surface area contributed by atoms with Crippen molar-refractivity contribution in [3.05, 3.63) is 36.2 Å². The number of nitrogens with zero attached hydrogens (tertiary/aromatic N) is 2. The van der Waals surface area contributed by atoms with Gasteiger partial charge in [0.1, 0.15) is 6.04 Å². The molecule has 0 aliphatic heterocycles. The Hall–Kier alpha value is -3.03. The van der Waals surface area contributed by atoms with E-state index in [9.17, 15) is 14.4 Å². The number of hydrogen-bond acceptors (Lipinski definition) is 6. The smallest absolute Gasteiger partial charge is 0.303 e. The lowest BCUT2D eigenvalue weighted by atomic mass is 10.1. The summed E-state index contributed by atoms with van der Waals surface area (Å²) in [4.78, 5) is 42.4. The van der Waals surface area contributed by atoms with Crippen LogP contribution < -0.4 is 11.1 Å². The maximum atomic E-state index is 11.6. The number of hydrogen-bond donors (Lipinski definition) is 2. The molecule has 1 heterocycles. The third kappa shape index (κ3) is 4.73. The molecule has 0 aliphatic rings. The Morgan fingerprint density at radius 3 is 2.61 bits per heavy atom. The molecule has 0 spiro atoms. The van der Waals surface area contributed by atoms with Crippen molar-refractivity contribution in [2.45, 2.75) is 19.4 Å². The highest BCUT2D eigenvalue weighted by molar-refractivity contribution is 5.88. The first-order valence-corrected chi connectivity index (χ1v) is 6.88. The van der Waals surface area contributed by atoms with Crippen LogP contribution in [0, 0.1) is 0 Å². The number of ether oxygens (including phenoxy) is 1. The normalized spacial score (nSPS) is 11.7. The zero-order chi connectivity index (χ0) is 16.8. The van der Waals surface area contributed by atoms with Gasteiger partial charge in [0.2, 0.25) is 5.91 Å². The van der Waals surface area contributed by atoms with Crippen molar-refractivity contribution in [2.24, 2.45) is 5.73 Å². The topological polar surface area (TPSA) is 124 Å². The molecule has 0 radical (unpaired) electrons. The maximum absolute atomic E-state index is 11.6. The van der Waals surface area contributed by atoms with Crippen LogP contribution in [0.25, 0.3) is 11.0 Å². The zero-order valence-electron chi connectivity index (χ0n) is 12.5. The summed E-state index contributed by atoms with van der Waals surface area (Å²) in [5.74, 6) is -1.91. The molecule has 0 saturated carbocycles. The molecule has 0 unspecified atom stereocenters. The minimum atomic E-state index is -0.964. The third-order valence-electron chi connectivity index (χ3n) is 3.00. The summed E-state index contributed by atoms with van der Waals surface area (Å²) in [7, 11) is 0. The molecule has 120 valence electrons. The van der Waals surface area contributed by atoms with Crippen LogP contribution >= 0.6 is 0 Å². The van der Waals surface area contributed by atoms with E-state index in [2.05, 4.69) is 20.0 Å². The van der Waals surface area contributed by atoms with Gasteiger partial charge in [0.25, 0.3) is 5.91 Å². The van der Waals surface area contributed by atoms with Crippen LogP contribution in [0.4, 0.5) is 0 Å². The zero-order valence-corrected chi connectivity index (χ0v) is 12.5. The number of para-hydroxylation sites is 2. The van der Waals surface area contributed by atoms with E-state index in [0.29, 0.717) is 11.2 Å². The third-order valence-corrected chi connectivity index (χ3v) is 3.00. The Labute approximate surface area is 132 Å². The van der Waals surface area contributed by atoms with E-state index < -0.39 is 30.4 Å². The molecular formula is C15H16N4O4. The summed E-state index contributed by atoms with van der Waals surface area (Å²) in [5.41, 5.74) is 7.21. The average Bonchev–Trinajstić information content (AvgIpc) is 2.52. The number of fused-ring (bicyclic) bond motifs is 1. The molecule has 0 aliphatic carbocycles. The molecule has 1 aromatic carbocycles. The van der Waals surface area contributed by atoms with Crippen LogP contribution in [-0.2, 0) is 25.5 Å². The largest absolute Gasteiger partial charge is 0.456 e. The van der Waals surface area contributed by atoms with Gasteiger partial charge in [-0.15, -0.1) is 0 Å². The number of aromatic nitrogens is 2. The van der Waals surface area contributed by atoms with Gasteiger partial charge >= 0.3 is 5.97 Å². The molecule has 3 N–H and O–H groups in total. The van der Waals surface area contributed by atoms with Crippen LogP contribution in [0.3, 0.4) is 0 Å². The summed E-state index contributed by atoms with van der Waals surface area (Å²) in [6.07, 6.45) is 1.62. The lowest BCUT2D eigenvalue weighted by Crippen LogP contribution is -2.47. The first kappa shape index (κ1) is 16.3. The standard InChI is InChI=1S/C15H16N4O4/c1-9(20)23-8-14(21)19-13(15(16)22)6-10-7-17-11-4-2-3-5-12(11)18-10/h2-5,7,13H,6,8H2,1H3,(H2,16,22)(H,19,21)/t13-/m0/s1. The van der Waals surface area contributed by atoms with E-state index in [0.717, 1.165) is 5.52 Å². The van der Waals surface area contributed by atoms with Crippen LogP contribution in [0.5, 0.6) is 0 Å². The monoisotopic (exact) mass is 316 g/mol. The van der Waals surface area contributed by atoms with Crippen LogP contribution in [0.15, 0.2) is 30.5 Å². The molecule has 2 rings (SSSR count). The first-order valence-electron chi connectivity index (χ1n) is 6.88. The number of primary amides is 1. The van der Waals surface area contributed by atoms with Gasteiger partial charge in [-0.25, -0.2) is 4.98 Å². The molecule has 0 fully saturated rings. The van der Waals surface area contributed by atoms with Gasteiger partial charge in [-0.3, -0.25) is 19.4 Å². The van der Waals surface area contributed by atoms with Crippen molar-refractivity contribution in [3.8, 4) is 0 Å². The van der Waals surface area contributed by atoms with E-state index in [4.69, 9.17) is 5.73 Å². The number of rotatable bonds is 6. The molecular weight excluding hydrogens is 300 g/mol. The molecule has 2 aromatic rings. The molecule has 2 amide bonds. The lowest BCUT2D eigenvalue weighted by molar-refractivity contribution is -0.146. The van der Waals surface area contributed by atoms with Gasteiger partial charge in [0.05, 0.1) is 16.7 Å². The fourth-order valence-electron chi connectivity index (χ4n) is 1.93. The Morgan fingerprint density at radius 1 is 1.26 bits per heavy atom. The second-order valence-electron chi connectivity index (χ2n) is 4.86. The molecule has 0 bridgehead atoms. The molecule has 1 aromatic heterocycles. The van der Waals surface area contributed by atoms with Gasteiger partial charge < -0.3 is 15.8 Å². The highest BCUT2D eigenvalue weighted by Crippen LogP contribution is 2.09. The van der Waals surface area contributed by atoms with Gasteiger partial charge in [0, 0.05) is 19.5 Å². The number of carbonyl (C=O) groups is 3. The van der Waals surface area contributed by atoms with Crippen molar-refractivity contribution in [2.75, 3.05) is 6.61 Å². The van der Waals surface area contributed by atoms with E-state index in [1.165, 1.54) is 13.1 Å². The van der Waals surface area contributed by atoms with Gasteiger partial charge in [-0.05, 0) is 12.1 Å². The van der Waals surface area contributed by atoms with Crippen LogP contribution in [0.1, 0.15) is 12.6 Å². The molecule has 8 heteroatoms. The van der Waals surface area contributed by atoms with E-state index in [1.54, 1.807) is 6.07 Å². The van der Waals surface area contributed by atoms with Gasteiger partial charge in [-0.2, -0.15) is 0 Å². The average molecular weight is 316 g/mol. The van der Waals surface area contributed by atoms with Crippen molar-refractivity contribution in [1.82, 2.24) is 15.3 Å². The molecule has 0 saturated heterocycles. The van der Waals surface area contributed by atoms with Gasteiger partial charge in [-0.1, -0.05) is 12.1 Å². The van der Waals surface area contributed by atoms with E-state index in [-0.39, 0.29) is 6.42 Å². The predicted octanol–water partition coefficient (Wildman–Crippen LogP) is -0.295. The predicted molar refractivity (Wildman–Crippen MR) is 81.0 cm³/mol. The molecule has 23 heavy (non-hydrogen) atoms. The number of benzene rings is 1. The van der Waals surface area contributed by atoms with Crippen molar-refractivity contribution >= 4 is 28.8 Å². The highest BCUT2D eigenvalue weighted by atomic mass is 16.5. The second kappa shape index (κ2) is 7.30. The van der Waals surface area contributed by atoms with E-state index >= 15 is 0 Å². The van der Waals surface area contributed by atoms with Crippen LogP contribution in [-0.4, -0.2) is 40.4 Å². The van der Waals surface area contributed by atoms with Gasteiger partial charge in [0.15, 0.2) is 6.61 Å². The number of amides is 2. The summed E-state index contributed by atoms with van der Waals surface area (Å²) < 4.78 is 4.56. The van der Waals surface area contributed by atoms with E-state index in [1.807, 2.05) is 18.2 Å². The fraction of sp³-hybridized carbons (Fsp3) is 0.267. The Kier molecular flexibility index (Phi) is 5.19. The Bertz CT molecular complexity index is 747. The maximum Gasteiger partial charge on any atom is 0.303 e. The summed E-state index contributed by atoms with van der Waals surface area (Å²) >= 11 is 0. The second-order valence-corrected chi connectivity index (χ2v) is 4.86. The molecule has 8 nitrogen and oxygen atoms in total. The number of carbonyl (C=O) groups excluding carboxylic acids is 3. The minimum Gasteiger partial charge on any atom is -0.456 e. The summed E-state index contributed by atoms with van der Waals surface area (Å²) in [5, 5.41) is 2.41. The first-order chi connectivity index (χ1) is 11.0. The lowest BCUT2D eigenvalue weighted by Gasteiger charge is -2.15. The number of nitrogens with two attached hydrogens (primary N) is 1. The molecule has 1 atom stereocenters. The van der Waals surface area contributed by atoms with Crippen molar-refractivity contribution < 1.29 is 19.1 Å². The fourth-order valence-corrected chi connectivity index (χ4v) is 1.93. The minimum absolute atomic E-state index is 0.0962. The number of esters is 1. The Morgan fingerprint density at radius 2 is 1.96 bits per heavy atom. The number of nitrogens with one attached hydrogen (secondary N) is 1.